The van der Waals surface area contributed by atoms with Crippen molar-refractivity contribution in [2.45, 2.75) is 4.90 Å². The summed E-state index contributed by atoms with van der Waals surface area (Å²) in [6.07, 6.45) is 0. The van der Waals surface area contributed by atoms with E-state index in [0.29, 0.717) is 17.3 Å². The zero-order valence-electron chi connectivity index (χ0n) is 17.9. The minimum absolute atomic E-state index is 0.00832. The third-order valence-electron chi connectivity index (χ3n) is 5.50. The zero-order valence-corrected chi connectivity index (χ0v) is 18.8. The average Bonchev–Trinajstić information content (AvgIpc) is 2.86. The molecule has 10 heteroatoms. The van der Waals surface area contributed by atoms with Crippen molar-refractivity contribution in [3.05, 3.63) is 95.6 Å². The van der Waals surface area contributed by atoms with Gasteiger partial charge >= 0.3 is 0 Å². The van der Waals surface area contributed by atoms with Gasteiger partial charge in [0.2, 0.25) is 10.0 Å². The van der Waals surface area contributed by atoms with E-state index < -0.39 is 21.7 Å². The lowest BCUT2D eigenvalue weighted by Gasteiger charge is -2.34. The number of nitrogens with one attached hydrogen (secondary N) is 1. The van der Waals surface area contributed by atoms with Crippen molar-refractivity contribution in [3.63, 3.8) is 0 Å². The lowest BCUT2D eigenvalue weighted by atomic mass is 10.1. The van der Waals surface area contributed by atoms with Crippen molar-refractivity contribution in [3.8, 4) is 0 Å². The summed E-state index contributed by atoms with van der Waals surface area (Å²) in [5, 5.41) is 2.75. The van der Waals surface area contributed by atoms with Gasteiger partial charge in [0.05, 0.1) is 16.1 Å². The quantitative estimate of drug-likeness (QED) is 0.601. The average molecular weight is 486 g/mol. The molecule has 1 fully saturated rings. The Balaban J connectivity index is 1.46. The molecule has 1 heterocycles. The summed E-state index contributed by atoms with van der Waals surface area (Å²) in [6, 6.07) is 17.6. The molecule has 34 heavy (non-hydrogen) atoms. The molecule has 0 radical (unpaired) electrons. The van der Waals surface area contributed by atoms with Crippen LogP contribution in [0, 0.1) is 11.6 Å². The Morgan fingerprint density at radius 3 is 2.12 bits per heavy atom. The third-order valence-corrected chi connectivity index (χ3v) is 7.39. The summed E-state index contributed by atoms with van der Waals surface area (Å²) in [4.78, 5) is 26.8. The predicted octanol–water partition coefficient (Wildman–Crippen LogP) is 3.36. The van der Waals surface area contributed by atoms with Crippen LogP contribution in [-0.4, -0.2) is 55.6 Å². The van der Waals surface area contributed by atoms with Crippen LogP contribution in [0.3, 0.4) is 0 Å². The maximum absolute atomic E-state index is 13.5. The second kappa shape index (κ2) is 9.70. The van der Waals surface area contributed by atoms with E-state index in [9.17, 15) is 26.8 Å². The van der Waals surface area contributed by atoms with Crippen LogP contribution in [0.15, 0.2) is 77.7 Å². The fourth-order valence-corrected chi connectivity index (χ4v) is 5.09. The lowest BCUT2D eigenvalue weighted by molar-refractivity contribution is 0.0699. The molecule has 1 saturated heterocycles. The van der Waals surface area contributed by atoms with E-state index in [1.54, 1.807) is 54.6 Å². The minimum Gasteiger partial charge on any atom is -0.336 e. The number of rotatable bonds is 5. The Morgan fingerprint density at radius 1 is 0.794 bits per heavy atom. The highest BCUT2D eigenvalue weighted by atomic mass is 32.2. The number of para-hydroxylation sites is 1. The number of amides is 2. The van der Waals surface area contributed by atoms with E-state index in [1.165, 1.54) is 4.90 Å². The number of sulfonamides is 1. The molecular formula is C24H21F2N3O4S. The number of halogens is 2. The summed E-state index contributed by atoms with van der Waals surface area (Å²) in [7, 11) is -4.04. The highest BCUT2D eigenvalue weighted by molar-refractivity contribution is 7.89. The number of benzene rings is 3. The maximum Gasteiger partial charge on any atom is 0.256 e. The normalized spacial score (nSPS) is 14.6. The van der Waals surface area contributed by atoms with Crippen molar-refractivity contribution in [2.24, 2.45) is 0 Å². The highest BCUT2D eigenvalue weighted by Gasteiger charge is 2.31. The van der Waals surface area contributed by atoms with Crippen LogP contribution in [-0.2, 0) is 10.0 Å². The summed E-state index contributed by atoms with van der Waals surface area (Å²) in [5.41, 5.74) is 1.07. The van der Waals surface area contributed by atoms with Gasteiger partial charge in [0.1, 0.15) is 0 Å². The first-order chi connectivity index (χ1) is 16.3. The van der Waals surface area contributed by atoms with Crippen LogP contribution in [0.4, 0.5) is 14.5 Å². The monoisotopic (exact) mass is 485 g/mol. The molecule has 176 valence electrons. The Kier molecular flexibility index (Phi) is 6.71. The van der Waals surface area contributed by atoms with Gasteiger partial charge in [-0.1, -0.05) is 30.3 Å². The first-order valence-electron chi connectivity index (χ1n) is 10.5. The molecule has 0 unspecified atom stereocenters. The van der Waals surface area contributed by atoms with Crippen molar-refractivity contribution in [1.82, 2.24) is 9.21 Å². The van der Waals surface area contributed by atoms with Crippen molar-refractivity contribution in [2.75, 3.05) is 31.5 Å². The SMILES string of the molecule is O=C(Nc1ccccc1C(=O)N1CCN(S(=O)(=O)c2ccc(F)c(F)c2)CC1)c1ccccc1. The second-order valence-corrected chi connectivity index (χ2v) is 9.58. The molecule has 4 rings (SSSR count). The molecule has 0 saturated carbocycles. The van der Waals surface area contributed by atoms with Gasteiger partial charge in [-0.3, -0.25) is 9.59 Å². The molecule has 0 aliphatic carbocycles. The molecule has 3 aromatic rings. The molecule has 0 atom stereocenters. The van der Waals surface area contributed by atoms with Crippen molar-refractivity contribution < 1.29 is 26.8 Å². The lowest BCUT2D eigenvalue weighted by Crippen LogP contribution is -2.50. The predicted molar refractivity (Wildman–Crippen MR) is 122 cm³/mol. The zero-order chi connectivity index (χ0) is 24.3. The van der Waals surface area contributed by atoms with Crippen LogP contribution in [0.1, 0.15) is 20.7 Å². The van der Waals surface area contributed by atoms with Crippen LogP contribution in [0.2, 0.25) is 0 Å². The van der Waals surface area contributed by atoms with Crippen molar-refractivity contribution in [1.29, 1.82) is 0 Å². The molecule has 0 aromatic heterocycles. The summed E-state index contributed by atoms with van der Waals surface area (Å²) in [5.74, 6) is -3.09. The molecule has 7 nitrogen and oxygen atoms in total. The molecule has 1 aliphatic heterocycles. The van der Waals surface area contributed by atoms with Gasteiger partial charge in [-0.25, -0.2) is 17.2 Å². The van der Waals surface area contributed by atoms with Crippen molar-refractivity contribution >= 4 is 27.5 Å². The van der Waals surface area contributed by atoms with E-state index in [-0.39, 0.29) is 48.5 Å². The first kappa shape index (κ1) is 23.5. The van der Waals surface area contributed by atoms with Gasteiger partial charge in [0, 0.05) is 31.7 Å². The number of piperazine rings is 1. The fourth-order valence-electron chi connectivity index (χ4n) is 3.65. The molecule has 1 aliphatic rings. The van der Waals surface area contributed by atoms with Gasteiger partial charge in [-0.15, -0.1) is 0 Å². The largest absolute Gasteiger partial charge is 0.336 e. The van der Waals surface area contributed by atoms with E-state index in [1.807, 2.05) is 0 Å². The van der Waals surface area contributed by atoms with E-state index >= 15 is 0 Å². The number of carbonyl (C=O) groups excluding carboxylic acids is 2. The van der Waals surface area contributed by atoms with E-state index in [2.05, 4.69) is 5.32 Å². The number of carbonyl (C=O) groups is 2. The highest BCUT2D eigenvalue weighted by Crippen LogP contribution is 2.23. The Morgan fingerprint density at radius 2 is 1.44 bits per heavy atom. The Labute approximate surface area is 195 Å². The minimum atomic E-state index is -4.04. The molecular weight excluding hydrogens is 464 g/mol. The van der Waals surface area contributed by atoms with Gasteiger partial charge in [0.25, 0.3) is 11.8 Å². The molecule has 2 amide bonds. The molecule has 0 bridgehead atoms. The number of nitrogens with zero attached hydrogens (tertiary/aromatic N) is 2. The molecule has 1 N–H and O–H groups in total. The smallest absolute Gasteiger partial charge is 0.256 e. The standard InChI is InChI=1S/C24H21F2N3O4S/c25-20-11-10-18(16-21(20)26)34(32,33)29-14-12-28(13-15-29)24(31)19-8-4-5-9-22(19)27-23(30)17-6-2-1-3-7-17/h1-11,16H,12-15H2,(H,27,30). The Hall–Kier alpha value is -3.63. The van der Waals surface area contributed by atoms with Gasteiger partial charge in [0.15, 0.2) is 11.6 Å². The van der Waals surface area contributed by atoms with E-state index in [4.69, 9.17) is 0 Å². The van der Waals surface area contributed by atoms with Crippen LogP contribution in [0.5, 0.6) is 0 Å². The Bertz CT molecular complexity index is 1330. The van der Waals surface area contributed by atoms with Gasteiger partial charge in [-0.05, 0) is 42.5 Å². The molecule has 3 aromatic carbocycles. The van der Waals surface area contributed by atoms with Gasteiger partial charge in [-0.2, -0.15) is 4.31 Å². The van der Waals surface area contributed by atoms with Crippen LogP contribution in [0.25, 0.3) is 0 Å². The fraction of sp³-hybridized carbons (Fsp3) is 0.167. The topological polar surface area (TPSA) is 86.8 Å². The number of hydrogen-bond acceptors (Lipinski definition) is 4. The van der Waals surface area contributed by atoms with E-state index in [0.717, 1.165) is 16.4 Å². The summed E-state index contributed by atoms with van der Waals surface area (Å²) in [6.45, 7) is 0.183. The third kappa shape index (κ3) is 4.82. The maximum atomic E-state index is 13.5. The summed E-state index contributed by atoms with van der Waals surface area (Å²) < 4.78 is 53.4. The first-order valence-corrected chi connectivity index (χ1v) is 11.9. The van der Waals surface area contributed by atoms with Crippen LogP contribution < -0.4 is 5.32 Å². The van der Waals surface area contributed by atoms with Crippen LogP contribution >= 0.6 is 0 Å². The molecule has 0 spiro atoms. The second-order valence-electron chi connectivity index (χ2n) is 7.64. The number of hydrogen-bond donors (Lipinski definition) is 1. The summed E-state index contributed by atoms with van der Waals surface area (Å²) >= 11 is 0. The number of anilines is 1. The van der Waals surface area contributed by atoms with Gasteiger partial charge < -0.3 is 10.2 Å².